The van der Waals surface area contributed by atoms with Gasteiger partial charge in [-0.05, 0) is 19.9 Å². The second kappa shape index (κ2) is 3.66. The van der Waals surface area contributed by atoms with Crippen LogP contribution in [0.3, 0.4) is 0 Å². The van der Waals surface area contributed by atoms with E-state index in [0.29, 0.717) is 17.1 Å². The van der Waals surface area contributed by atoms with Crippen molar-refractivity contribution in [3.05, 3.63) is 35.5 Å². The third-order valence-corrected chi connectivity index (χ3v) is 2.49. The Bertz CT molecular complexity index is 577. The summed E-state index contributed by atoms with van der Waals surface area (Å²) in [6.07, 6.45) is 3.19. The molecule has 2 heterocycles. The van der Waals surface area contributed by atoms with Crippen LogP contribution in [-0.4, -0.2) is 14.5 Å². The normalized spacial score (nSPS) is 10.1. The van der Waals surface area contributed by atoms with Crippen molar-refractivity contribution in [2.45, 2.75) is 13.8 Å². The van der Waals surface area contributed by atoms with E-state index in [4.69, 9.17) is 11.0 Å². The number of hydrogen-bond donors (Lipinski definition) is 1. The third-order valence-electron chi connectivity index (χ3n) is 2.49. The maximum absolute atomic E-state index is 9.02. The Morgan fingerprint density at radius 2 is 2.12 bits per heavy atom. The summed E-state index contributed by atoms with van der Waals surface area (Å²) in [5.41, 5.74) is 8.40. The summed E-state index contributed by atoms with van der Waals surface area (Å²) in [6, 6.07) is 3.69. The van der Waals surface area contributed by atoms with E-state index in [1.807, 2.05) is 13.8 Å². The molecule has 2 rings (SSSR count). The fraction of sp³-hybridized carbons (Fsp3) is 0.182. The SMILES string of the molecule is Cc1ncn(-c2ncc(N)cc2C#N)c1C. The zero-order valence-electron chi connectivity index (χ0n) is 9.10. The van der Waals surface area contributed by atoms with Crippen LogP contribution < -0.4 is 5.73 Å². The molecule has 0 fully saturated rings. The highest BCUT2D eigenvalue weighted by Gasteiger charge is 2.10. The van der Waals surface area contributed by atoms with Gasteiger partial charge in [-0.25, -0.2) is 9.97 Å². The smallest absolute Gasteiger partial charge is 0.156 e. The number of aryl methyl sites for hydroxylation is 1. The average Bonchev–Trinajstić information content (AvgIpc) is 2.60. The molecule has 2 N–H and O–H groups in total. The molecule has 0 aliphatic carbocycles. The number of nitrogens with zero attached hydrogens (tertiary/aromatic N) is 4. The molecule has 16 heavy (non-hydrogen) atoms. The van der Waals surface area contributed by atoms with Crippen LogP contribution in [0.2, 0.25) is 0 Å². The minimum atomic E-state index is 0.445. The number of rotatable bonds is 1. The van der Waals surface area contributed by atoms with Crippen molar-refractivity contribution in [2.24, 2.45) is 0 Å². The number of pyridine rings is 1. The maximum atomic E-state index is 9.02. The highest BCUT2D eigenvalue weighted by Crippen LogP contribution is 2.17. The van der Waals surface area contributed by atoms with E-state index < -0.39 is 0 Å². The Kier molecular flexibility index (Phi) is 2.33. The molecule has 5 heteroatoms. The van der Waals surface area contributed by atoms with Gasteiger partial charge in [0.1, 0.15) is 12.4 Å². The summed E-state index contributed by atoms with van der Waals surface area (Å²) in [5, 5.41) is 9.02. The monoisotopic (exact) mass is 213 g/mol. The first-order valence-corrected chi connectivity index (χ1v) is 4.80. The number of aromatic nitrogens is 3. The summed E-state index contributed by atoms with van der Waals surface area (Å²) < 4.78 is 1.79. The van der Waals surface area contributed by atoms with Crippen LogP contribution in [0.25, 0.3) is 5.82 Å². The second-order valence-electron chi connectivity index (χ2n) is 3.54. The molecule has 0 spiro atoms. The lowest BCUT2D eigenvalue weighted by molar-refractivity contribution is 0.945. The lowest BCUT2D eigenvalue weighted by atomic mass is 10.2. The molecule has 0 aliphatic rings. The number of nitriles is 1. The van der Waals surface area contributed by atoms with Crippen LogP contribution in [0.1, 0.15) is 17.0 Å². The number of anilines is 1. The Morgan fingerprint density at radius 3 is 2.69 bits per heavy atom. The quantitative estimate of drug-likeness (QED) is 0.775. The van der Waals surface area contributed by atoms with Gasteiger partial charge in [-0.2, -0.15) is 5.26 Å². The highest BCUT2D eigenvalue weighted by atomic mass is 15.1. The van der Waals surface area contributed by atoms with Crippen molar-refractivity contribution >= 4 is 5.69 Å². The molecule has 0 amide bonds. The van der Waals surface area contributed by atoms with Gasteiger partial charge in [-0.3, -0.25) is 4.57 Å². The first-order valence-electron chi connectivity index (χ1n) is 4.80. The predicted octanol–water partition coefficient (Wildman–Crippen LogP) is 1.34. The minimum Gasteiger partial charge on any atom is -0.397 e. The summed E-state index contributed by atoms with van der Waals surface area (Å²) in [6.45, 7) is 3.84. The van der Waals surface area contributed by atoms with Gasteiger partial charge in [0.25, 0.3) is 0 Å². The zero-order chi connectivity index (χ0) is 11.7. The number of nitrogens with two attached hydrogens (primary N) is 1. The first kappa shape index (κ1) is 10.2. The fourth-order valence-electron chi connectivity index (χ4n) is 1.46. The van der Waals surface area contributed by atoms with Gasteiger partial charge >= 0.3 is 0 Å². The molecule has 0 saturated carbocycles. The van der Waals surface area contributed by atoms with E-state index in [-0.39, 0.29) is 0 Å². The van der Waals surface area contributed by atoms with Gasteiger partial charge < -0.3 is 5.73 Å². The number of nitrogen functional groups attached to an aromatic ring is 1. The summed E-state index contributed by atoms with van der Waals surface area (Å²) in [5.74, 6) is 0.565. The van der Waals surface area contributed by atoms with Crippen molar-refractivity contribution < 1.29 is 0 Å². The Balaban J connectivity index is 2.65. The van der Waals surface area contributed by atoms with E-state index in [0.717, 1.165) is 11.4 Å². The van der Waals surface area contributed by atoms with Gasteiger partial charge in [-0.1, -0.05) is 0 Å². The van der Waals surface area contributed by atoms with Crippen LogP contribution in [0.15, 0.2) is 18.6 Å². The molecule has 5 nitrogen and oxygen atoms in total. The van der Waals surface area contributed by atoms with Crippen LogP contribution in [0.5, 0.6) is 0 Å². The highest BCUT2D eigenvalue weighted by molar-refractivity contribution is 5.52. The fourth-order valence-corrected chi connectivity index (χ4v) is 1.46. The second-order valence-corrected chi connectivity index (χ2v) is 3.54. The first-order chi connectivity index (χ1) is 7.63. The molecule has 0 radical (unpaired) electrons. The molecule has 2 aromatic rings. The van der Waals surface area contributed by atoms with Crippen LogP contribution >= 0.6 is 0 Å². The minimum absolute atomic E-state index is 0.445. The van der Waals surface area contributed by atoms with Crippen molar-refractivity contribution in [1.29, 1.82) is 5.26 Å². The Morgan fingerprint density at radius 1 is 1.38 bits per heavy atom. The van der Waals surface area contributed by atoms with Gasteiger partial charge in [0.05, 0.1) is 23.1 Å². The molecule has 80 valence electrons. The molecular formula is C11H11N5. The van der Waals surface area contributed by atoms with E-state index in [2.05, 4.69) is 16.0 Å². The van der Waals surface area contributed by atoms with Gasteiger partial charge in [0.15, 0.2) is 5.82 Å². The van der Waals surface area contributed by atoms with Crippen molar-refractivity contribution in [3.63, 3.8) is 0 Å². The van der Waals surface area contributed by atoms with Crippen LogP contribution in [0, 0.1) is 25.2 Å². The molecule has 0 aliphatic heterocycles. The van der Waals surface area contributed by atoms with Crippen molar-refractivity contribution in [2.75, 3.05) is 5.73 Å². The van der Waals surface area contributed by atoms with Crippen LogP contribution in [-0.2, 0) is 0 Å². The molecule has 0 aromatic carbocycles. The molecule has 0 atom stereocenters. The van der Waals surface area contributed by atoms with Crippen molar-refractivity contribution in [3.8, 4) is 11.9 Å². The largest absolute Gasteiger partial charge is 0.397 e. The van der Waals surface area contributed by atoms with E-state index in [9.17, 15) is 0 Å². The summed E-state index contributed by atoms with van der Waals surface area (Å²) in [7, 11) is 0. The summed E-state index contributed by atoms with van der Waals surface area (Å²) >= 11 is 0. The van der Waals surface area contributed by atoms with E-state index >= 15 is 0 Å². The van der Waals surface area contributed by atoms with Gasteiger partial charge in [0, 0.05) is 5.69 Å². The molecule has 0 bridgehead atoms. The lowest BCUT2D eigenvalue weighted by Crippen LogP contribution is -2.03. The van der Waals surface area contributed by atoms with E-state index in [1.54, 1.807) is 17.0 Å². The molecule has 2 aromatic heterocycles. The molecule has 0 saturated heterocycles. The standard InChI is InChI=1S/C11H11N5/c1-7-8(2)16(6-15-7)11-9(4-12)3-10(13)5-14-11/h3,5-6H,13H2,1-2H3. The Labute approximate surface area is 93.2 Å². The maximum Gasteiger partial charge on any atom is 0.156 e. The molecular weight excluding hydrogens is 202 g/mol. The number of imidazole rings is 1. The number of hydrogen-bond acceptors (Lipinski definition) is 4. The topological polar surface area (TPSA) is 80.5 Å². The van der Waals surface area contributed by atoms with Crippen LogP contribution in [0.4, 0.5) is 5.69 Å². The third kappa shape index (κ3) is 1.50. The lowest BCUT2D eigenvalue weighted by Gasteiger charge is -2.06. The zero-order valence-corrected chi connectivity index (χ0v) is 9.10. The van der Waals surface area contributed by atoms with E-state index in [1.165, 1.54) is 6.20 Å². The predicted molar refractivity (Wildman–Crippen MR) is 60.0 cm³/mol. The van der Waals surface area contributed by atoms with Crippen molar-refractivity contribution in [1.82, 2.24) is 14.5 Å². The van der Waals surface area contributed by atoms with Gasteiger partial charge in [-0.15, -0.1) is 0 Å². The van der Waals surface area contributed by atoms with Gasteiger partial charge in [0.2, 0.25) is 0 Å². The average molecular weight is 213 g/mol. The molecule has 0 unspecified atom stereocenters. The Hall–Kier alpha value is -2.35. The summed E-state index contributed by atoms with van der Waals surface area (Å²) in [4.78, 5) is 8.34.